The molecule has 0 N–H and O–H groups in total. The minimum atomic E-state index is -0.895. The monoisotopic (exact) mass is 1180 g/mol. The molecule has 6 aromatic heterocycles. The van der Waals surface area contributed by atoms with E-state index in [9.17, 15) is 0 Å². The molecule has 21 rings (SSSR count). The lowest BCUT2D eigenvalue weighted by Crippen LogP contribution is -2.47. The van der Waals surface area contributed by atoms with E-state index in [2.05, 4.69) is 310 Å². The molecule has 2 spiro atoms. The number of furan rings is 2. The van der Waals surface area contributed by atoms with Crippen LogP contribution in [0.4, 0.5) is 34.1 Å². The van der Waals surface area contributed by atoms with E-state index in [1.807, 2.05) is 22.7 Å². The number of anilines is 6. The van der Waals surface area contributed by atoms with Crippen molar-refractivity contribution >= 4 is 144 Å². The van der Waals surface area contributed by atoms with Gasteiger partial charge in [-0.15, -0.1) is 22.7 Å². The minimum Gasteiger partial charge on any atom is -0.454 e. The van der Waals surface area contributed by atoms with Crippen molar-refractivity contribution in [2.75, 3.05) is 9.80 Å². The van der Waals surface area contributed by atoms with Crippen molar-refractivity contribution in [1.82, 2.24) is 9.13 Å². The number of nitrogens with zero attached hydrogens (tertiary/aromatic N) is 4. The number of hydrogen-bond donors (Lipinski definition) is 0. The maximum absolute atomic E-state index is 7.13. The first-order valence-electron chi connectivity index (χ1n) is 30.7. The van der Waals surface area contributed by atoms with Gasteiger partial charge in [0.25, 0.3) is 0 Å². The Bertz CT molecular complexity index is 5580. The van der Waals surface area contributed by atoms with Gasteiger partial charge >= 0.3 is 0 Å². The van der Waals surface area contributed by atoms with Crippen LogP contribution < -0.4 is 9.80 Å². The molecule has 420 valence electrons. The van der Waals surface area contributed by atoms with E-state index in [0.29, 0.717) is 0 Å². The summed E-state index contributed by atoms with van der Waals surface area (Å²) in [6.45, 7) is 0. The number of benzene rings is 12. The van der Waals surface area contributed by atoms with Gasteiger partial charge in [-0.3, -0.25) is 9.13 Å². The number of rotatable bonds is 4. The second kappa shape index (κ2) is 17.8. The molecule has 0 saturated heterocycles. The van der Waals surface area contributed by atoms with Crippen LogP contribution in [-0.4, -0.2) is 9.13 Å². The molecular weight excluding hydrogens is 1140 g/mol. The topological polar surface area (TPSA) is 42.6 Å². The SMILES string of the molecule is c1ccc(N2c3ccccc3C3(c4ccccc42)c2cc(-n4c5ccccc5c5ccc6c7ccccc7oc6c54)sc2C2(c4ccccc4N(c4ccccc4)c4ccccc42)c2cc(-n4c5ccccc5c5ccc6c7ccccc7oc6c54)sc23)cc1. The van der Waals surface area contributed by atoms with Crippen molar-refractivity contribution in [3.63, 3.8) is 0 Å². The fourth-order valence-electron chi connectivity index (χ4n) is 16.5. The van der Waals surface area contributed by atoms with Gasteiger partial charge in [0.1, 0.15) is 21.2 Å². The van der Waals surface area contributed by atoms with Gasteiger partial charge in [-0.2, -0.15) is 0 Å². The Morgan fingerprint density at radius 2 is 0.589 bits per heavy atom. The lowest BCUT2D eigenvalue weighted by atomic mass is 9.53. The molecule has 8 heteroatoms. The summed E-state index contributed by atoms with van der Waals surface area (Å²) in [4.78, 5) is 7.54. The zero-order valence-corrected chi connectivity index (χ0v) is 49.8. The fourth-order valence-corrected chi connectivity index (χ4v) is 19.5. The van der Waals surface area contributed by atoms with E-state index < -0.39 is 10.8 Å². The van der Waals surface area contributed by atoms with Gasteiger partial charge in [-0.1, -0.05) is 194 Å². The summed E-state index contributed by atoms with van der Waals surface area (Å²) in [6.07, 6.45) is 0. The van der Waals surface area contributed by atoms with Crippen LogP contribution in [0.5, 0.6) is 0 Å². The van der Waals surface area contributed by atoms with Crippen molar-refractivity contribution in [1.29, 1.82) is 0 Å². The molecule has 0 amide bonds. The summed E-state index contributed by atoms with van der Waals surface area (Å²) in [6, 6.07) is 108. The summed E-state index contributed by atoms with van der Waals surface area (Å²) in [5.41, 5.74) is 20.2. The van der Waals surface area contributed by atoms with Gasteiger partial charge in [-0.25, -0.2) is 0 Å². The predicted molar refractivity (Wildman–Crippen MR) is 372 cm³/mol. The first-order valence-corrected chi connectivity index (χ1v) is 32.4. The Morgan fingerprint density at radius 3 is 0.989 bits per heavy atom. The third kappa shape index (κ3) is 6.03. The second-order valence-electron chi connectivity index (χ2n) is 24.1. The smallest absolute Gasteiger partial charge is 0.160 e. The van der Waals surface area contributed by atoms with Gasteiger partial charge in [0.2, 0.25) is 0 Å². The van der Waals surface area contributed by atoms with Crippen molar-refractivity contribution in [2.45, 2.75) is 10.8 Å². The molecule has 0 atom stereocenters. The maximum Gasteiger partial charge on any atom is 0.160 e. The van der Waals surface area contributed by atoms with Gasteiger partial charge in [0.05, 0.1) is 55.6 Å². The van der Waals surface area contributed by atoms with E-state index in [1.165, 1.54) is 53.9 Å². The van der Waals surface area contributed by atoms with E-state index >= 15 is 0 Å². The lowest BCUT2D eigenvalue weighted by molar-refractivity contribution is 0.633. The van der Waals surface area contributed by atoms with Gasteiger partial charge in [0, 0.05) is 64.2 Å². The molecule has 0 saturated carbocycles. The van der Waals surface area contributed by atoms with E-state index in [1.54, 1.807) is 0 Å². The Balaban J connectivity index is 0.979. The average molecular weight is 1190 g/mol. The van der Waals surface area contributed by atoms with Crippen LogP contribution in [-0.2, 0) is 10.8 Å². The van der Waals surface area contributed by atoms with E-state index in [0.717, 1.165) is 121 Å². The molecule has 8 heterocycles. The predicted octanol–water partition coefficient (Wildman–Crippen LogP) is 22.4. The Hall–Kier alpha value is -11.2. The van der Waals surface area contributed by atoms with Crippen LogP contribution in [0.25, 0.3) is 97.5 Å². The van der Waals surface area contributed by atoms with Crippen molar-refractivity contribution in [3.8, 4) is 10.0 Å². The molecule has 90 heavy (non-hydrogen) atoms. The van der Waals surface area contributed by atoms with Gasteiger partial charge in [0.15, 0.2) is 11.2 Å². The number of aromatic nitrogens is 2. The number of para-hydroxylation sites is 10. The van der Waals surface area contributed by atoms with Crippen LogP contribution in [0, 0.1) is 0 Å². The molecule has 2 aliphatic heterocycles. The number of hydrogen-bond acceptors (Lipinski definition) is 6. The zero-order valence-electron chi connectivity index (χ0n) is 48.1. The molecule has 0 fully saturated rings. The average Bonchev–Trinajstić information content (AvgIpc) is 1.27. The van der Waals surface area contributed by atoms with Crippen LogP contribution in [0.3, 0.4) is 0 Å². The third-order valence-electron chi connectivity index (χ3n) is 20.0. The fraction of sp³-hybridized carbons (Fsp3) is 0.0244. The highest BCUT2D eigenvalue weighted by Gasteiger charge is 2.61. The quantitative estimate of drug-likeness (QED) is 0.176. The molecule has 0 radical (unpaired) electrons. The Labute approximate surface area is 523 Å². The summed E-state index contributed by atoms with van der Waals surface area (Å²) >= 11 is 3.87. The number of thiophene rings is 2. The highest BCUT2D eigenvalue weighted by Crippen LogP contribution is 2.71. The Morgan fingerprint density at radius 1 is 0.267 bits per heavy atom. The molecule has 18 aromatic rings. The summed E-state index contributed by atoms with van der Waals surface area (Å²) < 4.78 is 19.4. The van der Waals surface area contributed by atoms with E-state index in [4.69, 9.17) is 8.83 Å². The van der Waals surface area contributed by atoms with Gasteiger partial charge in [-0.05, 0) is 130 Å². The highest BCUT2D eigenvalue weighted by atomic mass is 32.1. The normalized spacial score (nSPS) is 14.4. The van der Waals surface area contributed by atoms with Gasteiger partial charge < -0.3 is 18.6 Å². The van der Waals surface area contributed by atoms with Crippen LogP contribution in [0.15, 0.2) is 300 Å². The molecular formula is C82H48N4O2S2. The van der Waals surface area contributed by atoms with Crippen LogP contribution in [0.1, 0.15) is 43.1 Å². The summed E-state index contributed by atoms with van der Waals surface area (Å²) in [5.74, 6) is 0. The summed E-state index contributed by atoms with van der Waals surface area (Å²) in [5, 5.41) is 11.3. The second-order valence-corrected chi connectivity index (χ2v) is 26.2. The molecule has 0 bridgehead atoms. The summed E-state index contributed by atoms with van der Waals surface area (Å²) in [7, 11) is 0. The molecule has 3 aliphatic rings. The first-order chi connectivity index (χ1) is 44.7. The molecule has 6 nitrogen and oxygen atoms in total. The Kier molecular flexibility index (Phi) is 9.65. The molecule has 12 aromatic carbocycles. The highest BCUT2D eigenvalue weighted by molar-refractivity contribution is 7.16. The third-order valence-corrected chi connectivity index (χ3v) is 22.4. The lowest BCUT2D eigenvalue weighted by Gasteiger charge is -2.53. The van der Waals surface area contributed by atoms with Crippen molar-refractivity contribution in [3.05, 3.63) is 334 Å². The van der Waals surface area contributed by atoms with E-state index in [-0.39, 0.29) is 0 Å². The maximum atomic E-state index is 7.13. The first kappa shape index (κ1) is 48.9. The van der Waals surface area contributed by atoms with Crippen molar-refractivity contribution in [2.24, 2.45) is 0 Å². The van der Waals surface area contributed by atoms with Crippen molar-refractivity contribution < 1.29 is 8.83 Å². The standard InChI is InChI=1S/C82H48N4O2S2/c1-3-23-49(24-4-1)83-67-37-17-11-31-59(67)81(60-32-12-18-38-68(60)83)63-47-73(85-65-35-15-7-27-51(65)55-43-45-57-53-29-9-21-41-71(53)87-77(57)75(55)85)90-80(63)82(61-33-13-19-39-69(61)84(50-25-5-2-6-26-50)70-40-20-14-34-62(70)82)64-48-74(89-79(64)81)86-66-36-16-8-28-52(66)56-44-46-58-54-30-10-22-42-72(54)88-78(58)76(56)86/h1-48H. The molecule has 1 aliphatic carbocycles. The number of fused-ring (bicyclic) bond motifs is 28. The molecule has 0 unspecified atom stereocenters. The zero-order chi connectivity index (χ0) is 58.6. The minimum absolute atomic E-state index is 0.876. The largest absolute Gasteiger partial charge is 0.454 e. The van der Waals surface area contributed by atoms with Crippen LogP contribution >= 0.6 is 22.7 Å². The van der Waals surface area contributed by atoms with Crippen LogP contribution in [0.2, 0.25) is 0 Å².